The van der Waals surface area contributed by atoms with E-state index in [1.165, 1.54) is 0 Å². The Morgan fingerprint density at radius 2 is 0.388 bits per heavy atom. The molecule has 0 saturated carbocycles. The van der Waals surface area contributed by atoms with E-state index in [-0.39, 0.29) is 0 Å². The van der Waals surface area contributed by atoms with Crippen molar-refractivity contribution in [1.82, 2.24) is 0 Å². The fraction of sp³-hybridized carbons (Fsp3) is 0.500. The topological polar surface area (TPSA) is 26.3 Å². The molecule has 0 N–H and O–H groups in total. The number of benzene rings is 3. The van der Waals surface area contributed by atoms with Gasteiger partial charge in [0.15, 0.2) is 0 Å². The Balaban J connectivity index is 2.24. The van der Waals surface area contributed by atoms with Gasteiger partial charge in [-0.1, -0.05) is 54.6 Å². The minimum absolute atomic E-state index is 0.696. The van der Waals surface area contributed by atoms with Crippen LogP contribution in [0.4, 0.5) is 171 Å². The van der Waals surface area contributed by atoms with Gasteiger partial charge in [-0.05, 0) is 46.7 Å². The molecule has 0 spiro atoms. The van der Waals surface area contributed by atoms with E-state index >= 15 is 17.6 Å². The molecule has 0 aliphatic rings. The Bertz CT molecular complexity index is 2580. The molecule has 458 valence electrons. The van der Waals surface area contributed by atoms with Crippen LogP contribution in [0.3, 0.4) is 0 Å². The van der Waals surface area contributed by atoms with Crippen molar-refractivity contribution in [1.29, 1.82) is 0 Å². The molecule has 42 heteroatoms. The van der Waals surface area contributed by atoms with Gasteiger partial charge in [0.05, 0.1) is 0 Å². The standard InChI is InChI=1S/C38H15F39O2S/c39-20(40,19(78)79-80(16-10-4-1-5-11-16,17-12-6-2-7-13-17)18-14-8-3-9-15-18)21(41,42)22(43,44)23(45,46)24(47,48)25(49,50)26(51,52)27(53,54)28(55,56)29(57,58)30(59,60)31(61,62)32(63,64)33(65,66)34(67,68)35(69,70)36(71,72)37(73,74)38(75,76)77/h1-15H. The summed E-state index contributed by atoms with van der Waals surface area (Å²) < 4.78 is 557. The van der Waals surface area contributed by atoms with Crippen molar-refractivity contribution in [3.05, 3.63) is 91.0 Å². The Hall–Kier alpha value is -5.25. The van der Waals surface area contributed by atoms with E-state index in [0.29, 0.717) is 0 Å². The molecule has 0 aliphatic carbocycles. The van der Waals surface area contributed by atoms with Gasteiger partial charge in [-0.3, -0.25) is 0 Å². The van der Waals surface area contributed by atoms with Crippen molar-refractivity contribution in [2.75, 3.05) is 0 Å². The van der Waals surface area contributed by atoms with Crippen molar-refractivity contribution >= 4 is 16.3 Å². The number of carbonyl (C=O) groups excluding carboxylic acids is 1. The summed E-state index contributed by atoms with van der Waals surface area (Å²) in [6, 6.07) is 13.1. The molecule has 0 aliphatic heterocycles. The molecule has 0 radical (unpaired) electrons. The molecular formula is C38H15F39O2S. The van der Waals surface area contributed by atoms with Gasteiger partial charge in [0.2, 0.25) is 0 Å². The summed E-state index contributed by atoms with van der Waals surface area (Å²) in [7, 11) is -4.64. The lowest BCUT2D eigenvalue weighted by molar-refractivity contribution is -0.494. The van der Waals surface area contributed by atoms with E-state index in [0.717, 1.165) is 91.0 Å². The Labute approximate surface area is 415 Å². The summed E-state index contributed by atoms with van der Waals surface area (Å²) in [6.45, 7) is 0. The fourth-order valence-corrected chi connectivity index (χ4v) is 9.07. The monoisotopic (exact) mass is 1280 g/mol. The van der Waals surface area contributed by atoms with E-state index in [2.05, 4.69) is 4.18 Å². The van der Waals surface area contributed by atoms with Crippen LogP contribution >= 0.6 is 10.3 Å². The van der Waals surface area contributed by atoms with Crippen molar-refractivity contribution in [2.45, 2.75) is 127 Å². The first-order valence-electron chi connectivity index (χ1n) is 19.0. The van der Waals surface area contributed by atoms with Crippen LogP contribution in [0.1, 0.15) is 0 Å². The van der Waals surface area contributed by atoms with Crippen LogP contribution in [0.15, 0.2) is 106 Å². The molecule has 0 atom stereocenters. The third-order valence-electron chi connectivity index (χ3n) is 10.7. The highest BCUT2D eigenvalue weighted by Gasteiger charge is 3.03. The Morgan fingerprint density at radius 3 is 0.550 bits per heavy atom. The SMILES string of the molecule is O=C(OS(c1ccccc1)(c1ccccc1)c1ccccc1)C(F)(F)C(F)(F)C(F)(F)C(F)(F)C(F)(F)C(F)(F)C(F)(F)C(F)(F)C(F)(F)C(F)(F)C(F)(F)C(F)(F)C(F)(F)C(F)(F)C(F)(F)C(F)(F)C(F)(F)C(F)(F)C(F)(F)F. The second-order valence-corrected chi connectivity index (χ2v) is 18.4. The van der Waals surface area contributed by atoms with Gasteiger partial charge in [-0.25, -0.2) is 4.79 Å². The predicted molar refractivity (Wildman–Crippen MR) is 183 cm³/mol. The molecule has 0 heterocycles. The largest absolute Gasteiger partial charge is 0.460 e. The van der Waals surface area contributed by atoms with Crippen LogP contribution in [0, 0.1) is 0 Å². The van der Waals surface area contributed by atoms with E-state index < -0.39 is 144 Å². The number of rotatable bonds is 22. The Kier molecular flexibility index (Phi) is 16.5. The van der Waals surface area contributed by atoms with Crippen molar-refractivity contribution in [3.63, 3.8) is 0 Å². The van der Waals surface area contributed by atoms with Crippen molar-refractivity contribution < 1.29 is 180 Å². The molecule has 0 aromatic heterocycles. The Morgan fingerprint density at radius 1 is 0.237 bits per heavy atom. The molecule has 3 rings (SSSR count). The van der Waals surface area contributed by atoms with Crippen LogP contribution in [0.5, 0.6) is 0 Å². The van der Waals surface area contributed by atoms with Gasteiger partial charge in [-0.15, -0.1) is 0 Å². The van der Waals surface area contributed by atoms with Crippen molar-refractivity contribution in [3.8, 4) is 0 Å². The maximum absolute atomic E-state index is 15.4. The second-order valence-electron chi connectivity index (χ2n) is 15.7. The lowest BCUT2D eigenvalue weighted by atomic mass is 9.82. The third-order valence-corrected chi connectivity index (χ3v) is 14.0. The predicted octanol–water partition coefficient (Wildman–Crippen LogP) is 17.4. The quantitative estimate of drug-likeness (QED) is 0.0937. The van der Waals surface area contributed by atoms with E-state index in [1.54, 1.807) is 0 Å². The lowest BCUT2D eigenvalue weighted by Crippen LogP contribution is -2.80. The molecule has 80 heavy (non-hydrogen) atoms. The normalized spacial score (nSPS) is 16.2. The van der Waals surface area contributed by atoms with Gasteiger partial charge >= 0.3 is 119 Å². The lowest BCUT2D eigenvalue weighted by Gasteiger charge is -2.47. The van der Waals surface area contributed by atoms with E-state index in [4.69, 9.17) is 0 Å². The van der Waals surface area contributed by atoms with Gasteiger partial charge in [0.25, 0.3) is 0 Å². The van der Waals surface area contributed by atoms with Crippen LogP contribution < -0.4 is 0 Å². The van der Waals surface area contributed by atoms with Gasteiger partial charge in [-0.2, -0.15) is 171 Å². The average Bonchev–Trinajstić information content (AvgIpc) is 3.32. The number of hydrogen-bond acceptors (Lipinski definition) is 2. The maximum atomic E-state index is 15.4. The highest BCUT2D eigenvalue weighted by molar-refractivity contribution is 8.30. The molecule has 3 aromatic carbocycles. The first kappa shape index (κ1) is 69.0. The number of carbonyl (C=O) groups is 1. The molecule has 0 amide bonds. The minimum Gasteiger partial charge on any atom is -0.397 e. The van der Waals surface area contributed by atoms with Gasteiger partial charge < -0.3 is 4.18 Å². The maximum Gasteiger partial charge on any atom is 0.460 e. The summed E-state index contributed by atoms with van der Waals surface area (Å²) in [6.07, 6.45) is -8.52. The third kappa shape index (κ3) is 8.51. The van der Waals surface area contributed by atoms with E-state index in [1.807, 2.05) is 0 Å². The average molecular weight is 1280 g/mol. The molecule has 0 bridgehead atoms. The summed E-state index contributed by atoms with van der Waals surface area (Å²) in [5, 5.41) is 0. The summed E-state index contributed by atoms with van der Waals surface area (Å²) >= 11 is 0. The summed E-state index contributed by atoms with van der Waals surface area (Å²) in [5.41, 5.74) is 0. The zero-order valence-corrected chi connectivity index (χ0v) is 36.9. The summed E-state index contributed by atoms with van der Waals surface area (Å²) in [4.78, 5) is 10.9. The molecule has 0 unspecified atom stereocenters. The van der Waals surface area contributed by atoms with Crippen LogP contribution in [0.2, 0.25) is 0 Å². The van der Waals surface area contributed by atoms with Crippen LogP contribution in [-0.2, 0) is 8.98 Å². The van der Waals surface area contributed by atoms with Crippen LogP contribution in [0.25, 0.3) is 0 Å². The fourth-order valence-electron chi connectivity index (χ4n) is 6.02. The first-order valence-corrected chi connectivity index (χ1v) is 20.6. The minimum atomic E-state index is -10.6. The smallest absolute Gasteiger partial charge is 0.397 e. The highest BCUT2D eigenvalue weighted by atomic mass is 32.3. The van der Waals surface area contributed by atoms with E-state index in [9.17, 15) is 158 Å². The van der Waals surface area contributed by atoms with Crippen LogP contribution in [-0.4, -0.2) is 119 Å². The zero-order chi connectivity index (χ0) is 63.6. The zero-order valence-electron chi connectivity index (χ0n) is 36.1. The molecule has 0 fully saturated rings. The van der Waals surface area contributed by atoms with Gasteiger partial charge in [0.1, 0.15) is 0 Å². The molecule has 2 nitrogen and oxygen atoms in total. The number of hydrogen-bond donors (Lipinski definition) is 0. The number of alkyl halides is 39. The molecule has 3 aromatic rings. The number of halogens is 39. The van der Waals surface area contributed by atoms with Crippen molar-refractivity contribution in [2.24, 2.45) is 0 Å². The summed E-state index contributed by atoms with van der Waals surface area (Å²) in [5.74, 6) is -184. The second kappa shape index (κ2) is 19.2. The molecular weight excluding hydrogens is 1260 g/mol. The first-order chi connectivity index (χ1) is 34.9. The van der Waals surface area contributed by atoms with Gasteiger partial charge in [0, 0.05) is 14.7 Å². The molecule has 0 saturated heterocycles. The highest BCUT2D eigenvalue weighted by Crippen LogP contribution is 2.73.